The molecule has 1 atom stereocenters. The van der Waals surface area contributed by atoms with E-state index in [1.807, 2.05) is 16.7 Å². The standard InChI is InChI=1S/C20H31N5O4/c1-13(10-22-18(27)29-20(3,4)5)17(26)23-8-6-15(7-9-23)24-12-16-11-21-14(2)25(16)19(24)28/h11,13,15H,6-10,12H2,1-5H3,(H,22,27). The largest absolute Gasteiger partial charge is 0.444 e. The third kappa shape index (κ3) is 4.71. The van der Waals surface area contributed by atoms with E-state index in [4.69, 9.17) is 4.74 Å². The average Bonchev–Trinajstić information content (AvgIpc) is 3.18. The van der Waals surface area contributed by atoms with Crippen LogP contribution in [0.3, 0.4) is 0 Å². The van der Waals surface area contributed by atoms with Gasteiger partial charge in [0.1, 0.15) is 11.4 Å². The predicted octanol–water partition coefficient (Wildman–Crippen LogP) is 2.13. The molecule has 3 rings (SSSR count). The summed E-state index contributed by atoms with van der Waals surface area (Å²) in [7, 11) is 0. The molecule has 2 aliphatic heterocycles. The van der Waals surface area contributed by atoms with Gasteiger partial charge in [0.2, 0.25) is 5.91 Å². The number of nitrogens with one attached hydrogen (secondary N) is 1. The Bertz CT molecular complexity index is 789. The maximum absolute atomic E-state index is 12.7. The van der Waals surface area contributed by atoms with Crippen molar-refractivity contribution in [2.75, 3.05) is 19.6 Å². The predicted molar refractivity (Wildman–Crippen MR) is 106 cm³/mol. The van der Waals surface area contributed by atoms with Gasteiger partial charge in [0, 0.05) is 25.7 Å². The highest BCUT2D eigenvalue weighted by Gasteiger charge is 2.36. The molecule has 1 N–H and O–H groups in total. The molecule has 9 heteroatoms. The third-order valence-electron chi connectivity index (χ3n) is 5.37. The normalized spacial score (nSPS) is 18.6. The number of aryl methyl sites for hydroxylation is 1. The van der Waals surface area contributed by atoms with Gasteiger partial charge in [-0.25, -0.2) is 14.6 Å². The van der Waals surface area contributed by atoms with Crippen LogP contribution >= 0.6 is 0 Å². The van der Waals surface area contributed by atoms with Crippen molar-refractivity contribution in [1.82, 2.24) is 24.7 Å². The molecule has 1 fully saturated rings. The van der Waals surface area contributed by atoms with Crippen molar-refractivity contribution in [3.8, 4) is 0 Å². The van der Waals surface area contributed by atoms with Crippen molar-refractivity contribution in [1.29, 1.82) is 0 Å². The molecule has 2 aliphatic rings. The number of fused-ring (bicyclic) bond motifs is 1. The molecule has 0 aromatic carbocycles. The van der Waals surface area contributed by atoms with Gasteiger partial charge in [0.25, 0.3) is 0 Å². The van der Waals surface area contributed by atoms with Crippen LogP contribution in [0.25, 0.3) is 0 Å². The summed E-state index contributed by atoms with van der Waals surface area (Å²) in [5, 5.41) is 2.66. The van der Waals surface area contributed by atoms with Crippen LogP contribution in [-0.4, -0.2) is 68.7 Å². The van der Waals surface area contributed by atoms with Crippen LogP contribution in [0.15, 0.2) is 6.20 Å². The molecule has 9 nitrogen and oxygen atoms in total. The molecule has 29 heavy (non-hydrogen) atoms. The maximum atomic E-state index is 12.7. The number of amides is 3. The second-order valence-electron chi connectivity index (χ2n) is 8.88. The molecule has 3 heterocycles. The SMILES string of the molecule is Cc1ncc2n1C(=O)N(C1CCN(C(=O)C(C)CNC(=O)OC(C)(C)C)CC1)C2. The highest BCUT2D eigenvalue weighted by molar-refractivity contribution is 5.81. The Morgan fingerprint density at radius 1 is 1.31 bits per heavy atom. The highest BCUT2D eigenvalue weighted by atomic mass is 16.6. The number of hydrogen-bond acceptors (Lipinski definition) is 5. The topological polar surface area (TPSA) is 96.8 Å². The Morgan fingerprint density at radius 3 is 2.55 bits per heavy atom. The summed E-state index contributed by atoms with van der Waals surface area (Å²) in [6.45, 7) is 11.1. The van der Waals surface area contributed by atoms with Gasteiger partial charge in [0.05, 0.1) is 24.4 Å². The molecule has 1 aromatic heterocycles. The van der Waals surface area contributed by atoms with E-state index < -0.39 is 11.7 Å². The Kier molecular flexibility index (Phi) is 5.86. The molecule has 0 aliphatic carbocycles. The fourth-order valence-electron chi connectivity index (χ4n) is 3.87. The monoisotopic (exact) mass is 405 g/mol. The Labute approximate surface area is 171 Å². The van der Waals surface area contributed by atoms with Crippen molar-refractivity contribution in [3.63, 3.8) is 0 Å². The van der Waals surface area contributed by atoms with Gasteiger partial charge in [-0.1, -0.05) is 6.92 Å². The molecular formula is C20H31N5O4. The summed E-state index contributed by atoms with van der Waals surface area (Å²) < 4.78 is 6.87. The number of hydrogen-bond donors (Lipinski definition) is 1. The van der Waals surface area contributed by atoms with E-state index in [9.17, 15) is 14.4 Å². The zero-order chi connectivity index (χ0) is 21.3. The van der Waals surface area contributed by atoms with E-state index in [1.54, 1.807) is 38.5 Å². The number of alkyl carbamates (subject to hydrolysis) is 1. The number of aromatic nitrogens is 2. The third-order valence-corrected chi connectivity index (χ3v) is 5.37. The van der Waals surface area contributed by atoms with Crippen LogP contribution < -0.4 is 5.32 Å². The molecule has 1 aromatic rings. The summed E-state index contributed by atoms with van der Waals surface area (Å²) in [6.07, 6.45) is 2.74. The van der Waals surface area contributed by atoms with Crippen molar-refractivity contribution in [3.05, 3.63) is 17.7 Å². The van der Waals surface area contributed by atoms with E-state index in [0.29, 0.717) is 25.5 Å². The van der Waals surface area contributed by atoms with Crippen LogP contribution in [-0.2, 0) is 16.1 Å². The second-order valence-corrected chi connectivity index (χ2v) is 8.88. The Balaban J connectivity index is 1.46. The first kappa shape index (κ1) is 21.1. The molecule has 1 unspecified atom stereocenters. The molecule has 1 saturated heterocycles. The van der Waals surface area contributed by atoms with E-state index in [-0.39, 0.29) is 30.4 Å². The van der Waals surface area contributed by atoms with Crippen molar-refractivity contribution < 1.29 is 19.1 Å². The lowest BCUT2D eigenvalue weighted by atomic mass is 10.0. The van der Waals surface area contributed by atoms with Crippen LogP contribution in [0.5, 0.6) is 0 Å². The van der Waals surface area contributed by atoms with Crippen LogP contribution in [0.2, 0.25) is 0 Å². The maximum Gasteiger partial charge on any atom is 0.407 e. The smallest absolute Gasteiger partial charge is 0.407 e. The van der Waals surface area contributed by atoms with E-state index in [2.05, 4.69) is 10.3 Å². The number of imidazole rings is 1. The fraction of sp³-hybridized carbons (Fsp3) is 0.700. The fourth-order valence-corrected chi connectivity index (χ4v) is 3.87. The number of carbonyl (C=O) groups is 3. The van der Waals surface area contributed by atoms with Gasteiger partial charge in [0.15, 0.2) is 0 Å². The van der Waals surface area contributed by atoms with E-state index >= 15 is 0 Å². The first-order valence-electron chi connectivity index (χ1n) is 10.2. The lowest BCUT2D eigenvalue weighted by Crippen LogP contribution is -2.49. The lowest BCUT2D eigenvalue weighted by Gasteiger charge is -2.37. The Morgan fingerprint density at radius 2 is 1.97 bits per heavy atom. The number of ether oxygens (including phenoxy) is 1. The van der Waals surface area contributed by atoms with Gasteiger partial charge >= 0.3 is 12.1 Å². The van der Waals surface area contributed by atoms with Crippen molar-refractivity contribution in [2.24, 2.45) is 5.92 Å². The van der Waals surface area contributed by atoms with Gasteiger partial charge in [-0.3, -0.25) is 9.36 Å². The minimum Gasteiger partial charge on any atom is -0.444 e. The number of nitrogens with zero attached hydrogens (tertiary/aromatic N) is 4. The van der Waals surface area contributed by atoms with Gasteiger partial charge < -0.3 is 19.9 Å². The minimum atomic E-state index is -0.568. The van der Waals surface area contributed by atoms with Gasteiger partial charge in [-0.05, 0) is 40.5 Å². The van der Waals surface area contributed by atoms with Crippen LogP contribution in [0.1, 0.15) is 52.1 Å². The average molecular weight is 405 g/mol. The molecule has 0 bridgehead atoms. The van der Waals surface area contributed by atoms with Crippen LogP contribution in [0, 0.1) is 12.8 Å². The summed E-state index contributed by atoms with van der Waals surface area (Å²) in [4.78, 5) is 45.1. The minimum absolute atomic E-state index is 0.0126. The number of rotatable bonds is 4. The summed E-state index contributed by atoms with van der Waals surface area (Å²) >= 11 is 0. The van der Waals surface area contributed by atoms with E-state index in [1.165, 1.54) is 0 Å². The zero-order valence-electron chi connectivity index (χ0n) is 17.9. The zero-order valence-corrected chi connectivity index (χ0v) is 17.9. The molecule has 0 saturated carbocycles. The molecule has 0 spiro atoms. The first-order valence-corrected chi connectivity index (χ1v) is 10.2. The van der Waals surface area contributed by atoms with Gasteiger partial charge in [-0.2, -0.15) is 0 Å². The summed E-state index contributed by atoms with van der Waals surface area (Å²) in [5.41, 5.74) is 0.356. The van der Waals surface area contributed by atoms with E-state index in [0.717, 1.165) is 18.5 Å². The van der Waals surface area contributed by atoms with Gasteiger partial charge in [-0.15, -0.1) is 0 Å². The molecule has 3 amide bonds. The van der Waals surface area contributed by atoms with Crippen molar-refractivity contribution in [2.45, 2.75) is 65.6 Å². The van der Waals surface area contributed by atoms with Crippen LogP contribution in [0.4, 0.5) is 9.59 Å². The molecule has 0 radical (unpaired) electrons. The van der Waals surface area contributed by atoms with Crippen molar-refractivity contribution >= 4 is 18.0 Å². The molecule has 160 valence electrons. The first-order chi connectivity index (χ1) is 13.6. The molecular weight excluding hydrogens is 374 g/mol. The quantitative estimate of drug-likeness (QED) is 0.828. The lowest BCUT2D eigenvalue weighted by molar-refractivity contribution is -0.136. The second kappa shape index (κ2) is 8.04. The Hall–Kier alpha value is -2.58. The number of carbonyl (C=O) groups excluding carboxylic acids is 3. The summed E-state index contributed by atoms with van der Waals surface area (Å²) in [5.74, 6) is 0.395. The number of likely N-dealkylation sites (tertiary alicyclic amines) is 1. The number of piperidine rings is 1. The summed E-state index contributed by atoms with van der Waals surface area (Å²) in [6, 6.07) is 0.107. The highest BCUT2D eigenvalue weighted by Crippen LogP contribution is 2.26.